The SMILES string of the molecule is COc1ccccc1-c1csc(NC(=O)c2cc3ccccc3o2)n1. The molecule has 25 heavy (non-hydrogen) atoms. The van der Waals surface area contributed by atoms with Gasteiger partial charge in [-0.2, -0.15) is 0 Å². The summed E-state index contributed by atoms with van der Waals surface area (Å²) in [5.74, 6) is 0.676. The van der Waals surface area contributed by atoms with Gasteiger partial charge >= 0.3 is 0 Å². The van der Waals surface area contributed by atoms with Gasteiger partial charge < -0.3 is 9.15 Å². The van der Waals surface area contributed by atoms with Gasteiger partial charge in [-0.05, 0) is 24.3 Å². The van der Waals surface area contributed by atoms with Crippen molar-refractivity contribution in [3.05, 3.63) is 65.7 Å². The molecule has 0 unspecified atom stereocenters. The second-order valence-electron chi connectivity index (χ2n) is 5.34. The topological polar surface area (TPSA) is 64.4 Å². The summed E-state index contributed by atoms with van der Waals surface area (Å²) in [6.45, 7) is 0. The fraction of sp³-hybridized carbons (Fsp3) is 0.0526. The molecule has 0 atom stereocenters. The van der Waals surface area contributed by atoms with Crippen LogP contribution in [0, 0.1) is 0 Å². The lowest BCUT2D eigenvalue weighted by atomic mass is 10.1. The van der Waals surface area contributed by atoms with Gasteiger partial charge in [0.2, 0.25) is 0 Å². The molecule has 124 valence electrons. The number of benzene rings is 2. The molecule has 2 heterocycles. The molecule has 0 aliphatic carbocycles. The first kappa shape index (κ1) is 15.4. The second-order valence-corrected chi connectivity index (χ2v) is 6.20. The van der Waals surface area contributed by atoms with Crippen LogP contribution in [0.15, 0.2) is 64.4 Å². The molecular weight excluding hydrogens is 336 g/mol. The fourth-order valence-electron chi connectivity index (χ4n) is 2.56. The summed E-state index contributed by atoms with van der Waals surface area (Å²) in [4.78, 5) is 16.9. The molecule has 5 nitrogen and oxygen atoms in total. The smallest absolute Gasteiger partial charge is 0.293 e. The molecule has 0 aliphatic heterocycles. The Kier molecular flexibility index (Phi) is 3.95. The summed E-state index contributed by atoms with van der Waals surface area (Å²) in [5.41, 5.74) is 2.31. The van der Waals surface area contributed by atoms with Gasteiger partial charge in [-0.3, -0.25) is 10.1 Å². The standard InChI is InChI=1S/C19H14N2O3S/c1-23-16-9-5-3-7-13(16)14-11-25-19(20-14)21-18(22)17-10-12-6-2-4-8-15(12)24-17/h2-11H,1H3,(H,20,21,22). The molecule has 6 heteroatoms. The number of hydrogen-bond acceptors (Lipinski definition) is 5. The summed E-state index contributed by atoms with van der Waals surface area (Å²) in [6.07, 6.45) is 0. The minimum Gasteiger partial charge on any atom is -0.496 e. The van der Waals surface area contributed by atoms with Crippen LogP contribution >= 0.6 is 11.3 Å². The lowest BCUT2D eigenvalue weighted by molar-refractivity contribution is 0.0998. The molecule has 0 aliphatic rings. The van der Waals surface area contributed by atoms with Crippen LogP contribution < -0.4 is 10.1 Å². The van der Waals surface area contributed by atoms with Crippen LogP contribution in [0.5, 0.6) is 5.75 Å². The number of aromatic nitrogens is 1. The number of carbonyl (C=O) groups is 1. The first-order valence-corrected chi connectivity index (χ1v) is 8.51. The zero-order valence-corrected chi connectivity index (χ0v) is 14.2. The van der Waals surface area contributed by atoms with E-state index >= 15 is 0 Å². The van der Waals surface area contributed by atoms with Gasteiger partial charge in [-0.15, -0.1) is 11.3 Å². The Morgan fingerprint density at radius 1 is 1.16 bits per heavy atom. The van der Waals surface area contributed by atoms with E-state index in [1.165, 1.54) is 11.3 Å². The highest BCUT2D eigenvalue weighted by atomic mass is 32.1. The molecule has 0 bridgehead atoms. The van der Waals surface area contributed by atoms with E-state index in [-0.39, 0.29) is 11.7 Å². The number of anilines is 1. The van der Waals surface area contributed by atoms with Crippen molar-refractivity contribution < 1.29 is 13.9 Å². The van der Waals surface area contributed by atoms with Crippen molar-refractivity contribution in [2.45, 2.75) is 0 Å². The normalized spacial score (nSPS) is 10.8. The van der Waals surface area contributed by atoms with Crippen LogP contribution in [-0.4, -0.2) is 18.0 Å². The van der Waals surface area contributed by atoms with E-state index in [4.69, 9.17) is 9.15 Å². The maximum atomic E-state index is 12.4. The molecule has 1 amide bonds. The van der Waals surface area contributed by atoms with E-state index in [2.05, 4.69) is 10.3 Å². The van der Waals surface area contributed by atoms with Crippen LogP contribution in [0.2, 0.25) is 0 Å². The average molecular weight is 350 g/mol. The first-order valence-electron chi connectivity index (χ1n) is 7.63. The molecule has 0 spiro atoms. The van der Waals surface area contributed by atoms with Crippen LogP contribution in [0.1, 0.15) is 10.6 Å². The van der Waals surface area contributed by atoms with Gasteiger partial charge in [-0.25, -0.2) is 4.98 Å². The molecular formula is C19H14N2O3S. The average Bonchev–Trinajstić information content (AvgIpc) is 3.28. The Morgan fingerprint density at radius 3 is 2.80 bits per heavy atom. The second kappa shape index (κ2) is 6.41. The van der Waals surface area contributed by atoms with Crippen molar-refractivity contribution >= 4 is 33.3 Å². The largest absolute Gasteiger partial charge is 0.496 e. The first-order chi connectivity index (χ1) is 12.2. The summed E-state index contributed by atoms with van der Waals surface area (Å²) >= 11 is 1.35. The summed E-state index contributed by atoms with van der Waals surface area (Å²) < 4.78 is 10.9. The number of furan rings is 1. The van der Waals surface area contributed by atoms with Crippen molar-refractivity contribution in [1.29, 1.82) is 0 Å². The fourth-order valence-corrected chi connectivity index (χ4v) is 3.27. The maximum absolute atomic E-state index is 12.4. The molecule has 0 radical (unpaired) electrons. The lowest BCUT2D eigenvalue weighted by Crippen LogP contribution is -2.10. The molecule has 0 saturated heterocycles. The molecule has 0 fully saturated rings. The molecule has 2 aromatic carbocycles. The molecule has 2 aromatic heterocycles. The van der Waals surface area contributed by atoms with Gasteiger partial charge in [0.1, 0.15) is 11.3 Å². The monoisotopic (exact) mass is 350 g/mol. The number of fused-ring (bicyclic) bond motifs is 1. The number of ether oxygens (including phenoxy) is 1. The lowest BCUT2D eigenvalue weighted by Gasteiger charge is -2.04. The van der Waals surface area contributed by atoms with Crippen molar-refractivity contribution in [2.75, 3.05) is 12.4 Å². The Balaban J connectivity index is 1.57. The summed E-state index contributed by atoms with van der Waals surface area (Å²) in [6, 6.07) is 16.9. The highest BCUT2D eigenvalue weighted by molar-refractivity contribution is 7.14. The third kappa shape index (κ3) is 2.99. The van der Waals surface area contributed by atoms with Crippen molar-refractivity contribution in [1.82, 2.24) is 4.98 Å². The zero-order valence-electron chi connectivity index (χ0n) is 13.4. The van der Waals surface area contributed by atoms with E-state index in [0.717, 1.165) is 22.4 Å². The third-order valence-corrected chi connectivity index (χ3v) is 4.51. The number of hydrogen-bond donors (Lipinski definition) is 1. The number of rotatable bonds is 4. The number of amides is 1. The highest BCUT2D eigenvalue weighted by Gasteiger charge is 2.15. The quantitative estimate of drug-likeness (QED) is 0.573. The van der Waals surface area contributed by atoms with Crippen molar-refractivity contribution in [2.24, 2.45) is 0 Å². The summed E-state index contributed by atoms with van der Waals surface area (Å²) in [5, 5.41) is 6.06. The number of nitrogens with one attached hydrogen (secondary N) is 1. The molecule has 0 saturated carbocycles. The van der Waals surface area contributed by atoms with Gasteiger partial charge in [0.05, 0.1) is 12.8 Å². The van der Waals surface area contributed by atoms with E-state index < -0.39 is 0 Å². The molecule has 1 N–H and O–H groups in total. The predicted octanol–water partition coefficient (Wildman–Crippen LogP) is 4.82. The van der Waals surface area contributed by atoms with Crippen molar-refractivity contribution in [3.8, 4) is 17.0 Å². The number of thiazole rings is 1. The van der Waals surface area contributed by atoms with E-state index in [0.29, 0.717) is 10.7 Å². The third-order valence-electron chi connectivity index (χ3n) is 3.76. The Labute approximate surface area is 147 Å². The highest BCUT2D eigenvalue weighted by Crippen LogP contribution is 2.32. The predicted molar refractivity (Wildman–Crippen MR) is 98.3 cm³/mol. The summed E-state index contributed by atoms with van der Waals surface area (Å²) in [7, 11) is 1.62. The van der Waals surface area contributed by atoms with Gasteiger partial charge in [0.15, 0.2) is 10.9 Å². The Bertz CT molecular complexity index is 1020. The number of methoxy groups -OCH3 is 1. The van der Waals surface area contributed by atoms with Gasteiger partial charge in [-0.1, -0.05) is 30.3 Å². The van der Waals surface area contributed by atoms with Crippen LogP contribution in [-0.2, 0) is 0 Å². The van der Waals surface area contributed by atoms with E-state index in [1.807, 2.05) is 53.9 Å². The Hall–Kier alpha value is -3.12. The van der Waals surface area contributed by atoms with Gasteiger partial charge in [0.25, 0.3) is 5.91 Å². The van der Waals surface area contributed by atoms with Crippen LogP contribution in [0.25, 0.3) is 22.2 Å². The van der Waals surface area contributed by atoms with Crippen molar-refractivity contribution in [3.63, 3.8) is 0 Å². The number of nitrogens with zero attached hydrogens (tertiary/aromatic N) is 1. The van der Waals surface area contributed by atoms with Gasteiger partial charge in [0, 0.05) is 16.3 Å². The van der Waals surface area contributed by atoms with Crippen LogP contribution in [0.4, 0.5) is 5.13 Å². The zero-order chi connectivity index (χ0) is 17.2. The maximum Gasteiger partial charge on any atom is 0.293 e. The molecule has 4 rings (SSSR count). The van der Waals surface area contributed by atoms with Crippen LogP contribution in [0.3, 0.4) is 0 Å². The minimum absolute atomic E-state index is 0.259. The number of para-hydroxylation sites is 2. The van der Waals surface area contributed by atoms with E-state index in [1.54, 1.807) is 13.2 Å². The molecule has 4 aromatic rings. The minimum atomic E-state index is -0.322. The van der Waals surface area contributed by atoms with E-state index in [9.17, 15) is 4.79 Å². The Morgan fingerprint density at radius 2 is 1.96 bits per heavy atom. The number of carbonyl (C=O) groups excluding carboxylic acids is 1.